The van der Waals surface area contributed by atoms with Gasteiger partial charge in [0.15, 0.2) is 17.4 Å². The molecular formula is C26H26F3N3O2. The molecular weight excluding hydrogens is 443 g/mol. The first-order chi connectivity index (χ1) is 16.5. The van der Waals surface area contributed by atoms with Crippen molar-refractivity contribution in [3.63, 3.8) is 0 Å². The van der Waals surface area contributed by atoms with E-state index in [9.17, 15) is 18.0 Å². The molecule has 1 fully saturated rings. The number of para-hydroxylation sites is 1. The lowest BCUT2D eigenvalue weighted by Crippen LogP contribution is -2.40. The van der Waals surface area contributed by atoms with Crippen LogP contribution in [0.25, 0.3) is 11.1 Å². The van der Waals surface area contributed by atoms with Crippen LogP contribution in [0.4, 0.5) is 13.2 Å². The maximum Gasteiger partial charge on any atom is 0.223 e. The molecule has 0 spiro atoms. The average Bonchev–Trinajstić information content (AvgIpc) is 2.86. The van der Waals surface area contributed by atoms with Gasteiger partial charge in [-0.2, -0.15) is 0 Å². The number of ether oxygens (including phenoxy) is 1. The van der Waals surface area contributed by atoms with Gasteiger partial charge < -0.3 is 15.4 Å². The Kier molecular flexibility index (Phi) is 7.80. The normalized spacial score (nSPS) is 15.0. The molecule has 0 aliphatic carbocycles. The second-order valence-corrected chi connectivity index (χ2v) is 8.22. The van der Waals surface area contributed by atoms with Gasteiger partial charge in [0.05, 0.1) is 18.3 Å². The number of nitrogens with zero attached hydrogens (tertiary/aromatic N) is 1. The summed E-state index contributed by atoms with van der Waals surface area (Å²) >= 11 is 0. The van der Waals surface area contributed by atoms with Gasteiger partial charge in [-0.1, -0.05) is 24.3 Å². The van der Waals surface area contributed by atoms with E-state index in [-0.39, 0.29) is 30.7 Å². The minimum atomic E-state index is -0.792. The largest absolute Gasteiger partial charge is 0.488 e. The van der Waals surface area contributed by atoms with Crippen LogP contribution in [0.15, 0.2) is 60.8 Å². The molecule has 1 aromatic heterocycles. The van der Waals surface area contributed by atoms with Crippen molar-refractivity contribution in [3.05, 3.63) is 83.9 Å². The summed E-state index contributed by atoms with van der Waals surface area (Å²) < 4.78 is 46.9. The van der Waals surface area contributed by atoms with Crippen LogP contribution in [0.3, 0.4) is 0 Å². The van der Waals surface area contributed by atoms with Gasteiger partial charge in [-0.05, 0) is 61.8 Å². The number of piperidine rings is 1. The summed E-state index contributed by atoms with van der Waals surface area (Å²) in [6, 6.07) is 12.6. The zero-order valence-corrected chi connectivity index (χ0v) is 18.6. The fourth-order valence-corrected chi connectivity index (χ4v) is 4.12. The summed E-state index contributed by atoms with van der Waals surface area (Å²) in [5, 5.41) is 6.31. The zero-order valence-electron chi connectivity index (χ0n) is 18.6. The molecule has 2 aromatic carbocycles. The first kappa shape index (κ1) is 23.8. The van der Waals surface area contributed by atoms with Crippen molar-refractivity contribution < 1.29 is 22.7 Å². The number of halogens is 3. The Hall–Kier alpha value is -3.39. The van der Waals surface area contributed by atoms with Crippen LogP contribution in [-0.4, -0.2) is 30.6 Å². The monoisotopic (exact) mass is 469 g/mol. The van der Waals surface area contributed by atoms with Crippen LogP contribution < -0.4 is 15.4 Å². The number of nitrogens with one attached hydrogen (secondary N) is 2. The lowest BCUT2D eigenvalue weighted by atomic mass is 9.94. The smallest absolute Gasteiger partial charge is 0.223 e. The number of benzene rings is 2. The number of aromatic nitrogens is 1. The van der Waals surface area contributed by atoms with Gasteiger partial charge in [0.2, 0.25) is 5.91 Å². The minimum Gasteiger partial charge on any atom is -0.488 e. The number of hydrogen-bond donors (Lipinski definition) is 2. The minimum absolute atomic E-state index is 0.0472. The molecule has 4 rings (SSSR count). The summed E-state index contributed by atoms with van der Waals surface area (Å²) in [5.41, 5.74) is 2.05. The van der Waals surface area contributed by atoms with Crippen molar-refractivity contribution >= 4 is 5.91 Å². The van der Waals surface area contributed by atoms with Crippen LogP contribution in [-0.2, 0) is 4.79 Å². The molecule has 1 saturated heterocycles. The molecule has 3 aromatic rings. The van der Waals surface area contributed by atoms with E-state index in [1.165, 1.54) is 18.2 Å². The molecule has 8 heteroatoms. The highest BCUT2D eigenvalue weighted by Gasteiger charge is 2.26. The molecule has 178 valence electrons. The fourth-order valence-electron chi connectivity index (χ4n) is 4.12. The second kappa shape index (κ2) is 11.2. The molecule has 1 atom stereocenters. The lowest BCUT2D eigenvalue weighted by molar-refractivity contribution is -0.126. The van der Waals surface area contributed by atoms with Crippen molar-refractivity contribution in [2.24, 2.45) is 5.92 Å². The highest BCUT2D eigenvalue weighted by atomic mass is 19.1. The van der Waals surface area contributed by atoms with Gasteiger partial charge >= 0.3 is 0 Å². The van der Waals surface area contributed by atoms with Crippen LogP contribution in [0.2, 0.25) is 0 Å². The lowest BCUT2D eigenvalue weighted by Gasteiger charge is -2.26. The number of amides is 1. The van der Waals surface area contributed by atoms with E-state index in [4.69, 9.17) is 4.74 Å². The topological polar surface area (TPSA) is 63.2 Å². The first-order valence-corrected chi connectivity index (χ1v) is 11.3. The summed E-state index contributed by atoms with van der Waals surface area (Å²) in [6.45, 7) is 1.49. The van der Waals surface area contributed by atoms with E-state index in [0.717, 1.165) is 49.2 Å². The predicted octanol–water partition coefficient (Wildman–Crippen LogP) is 4.79. The van der Waals surface area contributed by atoms with E-state index in [1.54, 1.807) is 24.4 Å². The average molecular weight is 470 g/mol. The van der Waals surface area contributed by atoms with Crippen molar-refractivity contribution in [2.45, 2.75) is 25.3 Å². The van der Waals surface area contributed by atoms with Gasteiger partial charge in [0.1, 0.15) is 5.82 Å². The van der Waals surface area contributed by atoms with Crippen LogP contribution in [0.5, 0.6) is 5.75 Å². The standard InChI is InChI=1S/C26H26F3N3O2/c27-19-8-6-17(7-9-19)20-3-2-13-31-24(20)23(32-26(33)18-10-14-30-15-11-18)12-16-34-25-21(28)4-1-5-22(25)29/h1-9,13,18,23,30H,10-12,14-16H2,(H,32,33)/t23-/m1/s1. The van der Waals surface area contributed by atoms with Crippen molar-refractivity contribution in [1.29, 1.82) is 0 Å². The molecule has 2 N–H and O–H groups in total. The van der Waals surface area contributed by atoms with E-state index in [2.05, 4.69) is 15.6 Å². The summed E-state index contributed by atoms with van der Waals surface area (Å²) in [5.74, 6) is -2.62. The number of rotatable bonds is 8. The number of carbonyl (C=O) groups excluding carboxylic acids is 1. The summed E-state index contributed by atoms with van der Waals surface area (Å²) in [6.07, 6.45) is 3.30. The Balaban J connectivity index is 1.58. The van der Waals surface area contributed by atoms with Crippen LogP contribution in [0.1, 0.15) is 31.0 Å². The van der Waals surface area contributed by atoms with Crippen LogP contribution in [0, 0.1) is 23.4 Å². The Morgan fingerprint density at radius 2 is 1.74 bits per heavy atom. The highest BCUT2D eigenvalue weighted by Crippen LogP contribution is 2.30. The molecule has 5 nitrogen and oxygen atoms in total. The molecule has 1 amide bonds. The van der Waals surface area contributed by atoms with E-state index >= 15 is 0 Å². The van der Waals surface area contributed by atoms with Crippen LogP contribution >= 0.6 is 0 Å². The summed E-state index contributed by atoms with van der Waals surface area (Å²) in [7, 11) is 0. The van der Waals surface area contributed by atoms with Gasteiger partial charge in [0.25, 0.3) is 0 Å². The molecule has 0 unspecified atom stereocenters. The number of carbonyl (C=O) groups is 1. The van der Waals surface area contributed by atoms with Gasteiger partial charge in [-0.15, -0.1) is 0 Å². The van der Waals surface area contributed by atoms with E-state index in [1.807, 2.05) is 6.07 Å². The molecule has 1 aliphatic heterocycles. The Labute approximate surface area is 196 Å². The maximum absolute atomic E-state index is 14.0. The quantitative estimate of drug-likeness (QED) is 0.498. The van der Waals surface area contributed by atoms with Crippen molar-refractivity contribution in [2.75, 3.05) is 19.7 Å². The number of hydrogen-bond acceptors (Lipinski definition) is 4. The highest BCUT2D eigenvalue weighted by molar-refractivity contribution is 5.79. The zero-order chi connectivity index (χ0) is 23.9. The SMILES string of the molecule is O=C(N[C@H](CCOc1c(F)cccc1F)c1ncccc1-c1ccc(F)cc1)C1CCNCC1. The molecule has 0 bridgehead atoms. The van der Waals surface area contributed by atoms with Gasteiger partial charge in [-0.3, -0.25) is 9.78 Å². The first-order valence-electron chi connectivity index (χ1n) is 11.3. The maximum atomic E-state index is 14.0. The Morgan fingerprint density at radius 3 is 2.44 bits per heavy atom. The third kappa shape index (κ3) is 5.75. The Bertz CT molecular complexity index is 1100. The predicted molar refractivity (Wildman–Crippen MR) is 123 cm³/mol. The van der Waals surface area contributed by atoms with Gasteiger partial charge in [-0.25, -0.2) is 13.2 Å². The molecule has 0 radical (unpaired) electrons. The molecule has 1 aliphatic rings. The fraction of sp³-hybridized carbons (Fsp3) is 0.308. The third-order valence-electron chi connectivity index (χ3n) is 5.92. The molecule has 0 saturated carbocycles. The number of pyridine rings is 1. The molecule has 2 heterocycles. The third-order valence-corrected chi connectivity index (χ3v) is 5.92. The van der Waals surface area contributed by atoms with Crippen molar-refractivity contribution in [3.8, 4) is 16.9 Å². The summed E-state index contributed by atoms with van der Waals surface area (Å²) in [4.78, 5) is 17.6. The second-order valence-electron chi connectivity index (χ2n) is 8.22. The van der Waals surface area contributed by atoms with Gasteiger partial charge in [0, 0.05) is 24.1 Å². The van der Waals surface area contributed by atoms with E-state index in [0.29, 0.717) is 5.69 Å². The van der Waals surface area contributed by atoms with E-state index < -0.39 is 23.4 Å². The van der Waals surface area contributed by atoms with Crippen molar-refractivity contribution in [1.82, 2.24) is 15.6 Å². The Morgan fingerprint density at radius 1 is 1.03 bits per heavy atom. The molecule has 34 heavy (non-hydrogen) atoms.